The van der Waals surface area contributed by atoms with E-state index in [-0.39, 0.29) is 47.0 Å². The largest absolute Gasteiger partial charge is 0.444 e. The van der Waals surface area contributed by atoms with Gasteiger partial charge in [-0.2, -0.15) is 9.97 Å². The van der Waals surface area contributed by atoms with Crippen LogP contribution in [0.4, 0.5) is 10.7 Å². The van der Waals surface area contributed by atoms with Crippen molar-refractivity contribution < 1.29 is 23.4 Å². The lowest BCUT2D eigenvalue weighted by Gasteiger charge is -2.41. The van der Waals surface area contributed by atoms with Gasteiger partial charge < -0.3 is 23.2 Å². The molecule has 2 fully saturated rings. The van der Waals surface area contributed by atoms with Gasteiger partial charge in [-0.05, 0) is 67.8 Å². The third-order valence-electron chi connectivity index (χ3n) is 9.17. The van der Waals surface area contributed by atoms with E-state index in [0.29, 0.717) is 24.2 Å². The highest BCUT2D eigenvalue weighted by Crippen LogP contribution is 2.48. The number of rotatable bonds is 9. The first kappa shape index (κ1) is 36.2. The van der Waals surface area contributed by atoms with Crippen molar-refractivity contribution in [2.45, 2.75) is 97.4 Å². The van der Waals surface area contributed by atoms with Crippen molar-refractivity contribution in [1.29, 1.82) is 0 Å². The third-order valence-corrected chi connectivity index (χ3v) is 12.0. The van der Waals surface area contributed by atoms with Gasteiger partial charge in [-0.15, -0.1) is 0 Å². The van der Waals surface area contributed by atoms with Crippen molar-refractivity contribution >= 4 is 54.2 Å². The quantitative estimate of drug-likeness (QED) is 0.114. The summed E-state index contributed by atoms with van der Waals surface area (Å²) in [4.78, 5) is 26.2. The average Bonchev–Trinajstić information content (AvgIpc) is 3.62. The Bertz CT molecular complexity index is 1750. The second kappa shape index (κ2) is 14.9. The van der Waals surface area contributed by atoms with Crippen LogP contribution in [0, 0.1) is 11.3 Å². The Morgan fingerprint density at radius 1 is 1.02 bits per heavy atom. The van der Waals surface area contributed by atoms with E-state index in [1.54, 1.807) is 27.1 Å². The molecule has 1 aliphatic carbocycles. The molecule has 1 amide bonds. The molecular formula is C38H48ClN5O5Si. The molecule has 1 N–H and O–H groups in total. The minimum absolute atomic E-state index is 0.0255. The first-order chi connectivity index (χ1) is 23.8. The zero-order chi connectivity index (χ0) is 35.6. The molecule has 2 unspecified atom stereocenters. The first-order valence-electron chi connectivity index (χ1n) is 17.4. The summed E-state index contributed by atoms with van der Waals surface area (Å²) in [5.74, 6) is -0.153. The van der Waals surface area contributed by atoms with Crippen LogP contribution in [-0.4, -0.2) is 65.4 Å². The van der Waals surface area contributed by atoms with Crippen LogP contribution in [0.3, 0.4) is 0 Å². The van der Waals surface area contributed by atoms with Gasteiger partial charge in [-0.25, -0.2) is 9.78 Å². The molecule has 3 heterocycles. The fourth-order valence-electron chi connectivity index (χ4n) is 6.95. The van der Waals surface area contributed by atoms with Crippen LogP contribution >= 0.6 is 11.6 Å². The Hall–Kier alpha value is -3.61. The second-order valence-corrected chi connectivity index (χ2v) is 18.0. The highest BCUT2D eigenvalue weighted by atomic mass is 35.5. The maximum Gasteiger partial charge on any atom is 0.414 e. The Kier molecular flexibility index (Phi) is 10.8. The molecule has 1 saturated heterocycles. The molecule has 1 saturated carbocycles. The first-order valence-corrected chi connectivity index (χ1v) is 19.4. The number of amides is 1. The van der Waals surface area contributed by atoms with Gasteiger partial charge in [0.15, 0.2) is 17.1 Å². The Morgan fingerprint density at radius 2 is 1.68 bits per heavy atom. The van der Waals surface area contributed by atoms with Crippen LogP contribution in [-0.2, 0) is 18.6 Å². The number of anilines is 1. The molecule has 1 aliphatic heterocycles. The molecule has 5 atom stereocenters. The summed E-state index contributed by atoms with van der Waals surface area (Å²) < 4.78 is 27.8. The number of hydrogen-bond acceptors (Lipinski definition) is 8. The molecule has 0 spiro atoms. The van der Waals surface area contributed by atoms with Gasteiger partial charge in [0.2, 0.25) is 15.0 Å². The molecule has 6 rings (SSSR count). The van der Waals surface area contributed by atoms with Gasteiger partial charge in [0.25, 0.3) is 0 Å². The van der Waals surface area contributed by atoms with Crippen molar-refractivity contribution in [3.63, 3.8) is 0 Å². The molecule has 266 valence electrons. The molecular weight excluding hydrogens is 670 g/mol. The third kappa shape index (κ3) is 8.29. The van der Waals surface area contributed by atoms with Gasteiger partial charge in [0, 0.05) is 12.5 Å². The molecule has 10 nitrogen and oxygen atoms in total. The van der Waals surface area contributed by atoms with E-state index in [9.17, 15) is 4.79 Å². The Morgan fingerprint density at radius 3 is 2.26 bits per heavy atom. The summed E-state index contributed by atoms with van der Waals surface area (Å²) in [5.41, 5.74) is 0.885. The number of hydrogen-bond donors (Lipinski definition) is 1. The normalized spacial score (nSPS) is 22.2. The lowest BCUT2D eigenvalue weighted by Crippen LogP contribution is -2.53. The summed E-state index contributed by atoms with van der Waals surface area (Å²) in [6, 6.07) is 20.8. The van der Waals surface area contributed by atoms with Crippen LogP contribution in [0.1, 0.15) is 73.3 Å². The topological polar surface area (TPSA) is 110 Å². The minimum atomic E-state index is -2.17. The van der Waals surface area contributed by atoms with Gasteiger partial charge in [0.1, 0.15) is 11.1 Å². The average molecular weight is 718 g/mol. The number of imidazole rings is 1. The van der Waals surface area contributed by atoms with E-state index in [4.69, 9.17) is 41.8 Å². The lowest BCUT2D eigenvalue weighted by atomic mass is 9.78. The maximum atomic E-state index is 12.6. The summed E-state index contributed by atoms with van der Waals surface area (Å²) >= 11 is 6.61. The van der Waals surface area contributed by atoms with E-state index in [0.717, 1.165) is 24.8 Å². The smallest absolute Gasteiger partial charge is 0.414 e. The van der Waals surface area contributed by atoms with Crippen molar-refractivity contribution in [1.82, 2.24) is 19.5 Å². The van der Waals surface area contributed by atoms with Crippen LogP contribution in [0.25, 0.3) is 11.2 Å². The van der Waals surface area contributed by atoms with E-state index in [1.165, 1.54) is 10.4 Å². The fourth-order valence-corrected chi connectivity index (χ4v) is 9.88. The van der Waals surface area contributed by atoms with Crippen LogP contribution in [0.2, 0.25) is 5.15 Å². The van der Waals surface area contributed by atoms with E-state index in [1.807, 2.05) is 16.7 Å². The SMILES string of the molecule is C=C1[C@@H](C(O[SiH](c2ccccc2)c2ccccc2)C(C)(C)C)[C@@H](OC2CCCCO2)C[C@@H]1n1cnc2c(Cl)nc(NC(=O)OC(C)(C)C)nc21. The van der Waals surface area contributed by atoms with Gasteiger partial charge in [-0.1, -0.05) is 99.6 Å². The zero-order valence-electron chi connectivity index (χ0n) is 29.8. The summed E-state index contributed by atoms with van der Waals surface area (Å²) in [5, 5.41) is 5.16. The number of nitrogens with zero attached hydrogens (tertiary/aromatic N) is 4. The molecule has 50 heavy (non-hydrogen) atoms. The molecule has 0 radical (unpaired) electrons. The van der Waals surface area contributed by atoms with Crippen LogP contribution in [0.5, 0.6) is 0 Å². The highest BCUT2D eigenvalue weighted by Gasteiger charge is 2.49. The number of halogens is 1. The summed E-state index contributed by atoms with van der Waals surface area (Å²) in [6.45, 7) is 17.5. The molecule has 12 heteroatoms. The molecule has 2 aliphatic rings. The van der Waals surface area contributed by atoms with Crippen molar-refractivity contribution in [3.8, 4) is 0 Å². The fraction of sp³-hybridized carbons (Fsp3) is 0.474. The molecule has 2 aromatic carbocycles. The predicted octanol–water partition coefficient (Wildman–Crippen LogP) is 6.83. The second-order valence-electron chi connectivity index (χ2n) is 15.2. The highest BCUT2D eigenvalue weighted by molar-refractivity contribution is 6.80. The number of fused-ring (bicyclic) bond motifs is 1. The van der Waals surface area contributed by atoms with Gasteiger partial charge >= 0.3 is 6.09 Å². The minimum Gasteiger partial charge on any atom is -0.444 e. The number of ether oxygens (including phenoxy) is 3. The number of carbonyl (C=O) groups is 1. The van der Waals surface area contributed by atoms with Gasteiger partial charge in [0.05, 0.1) is 24.6 Å². The molecule has 4 aromatic rings. The summed E-state index contributed by atoms with van der Waals surface area (Å²) in [7, 11) is -2.17. The number of carbonyl (C=O) groups excluding carboxylic acids is 1. The number of nitrogens with one attached hydrogen (secondary N) is 1. The lowest BCUT2D eigenvalue weighted by molar-refractivity contribution is -0.201. The van der Waals surface area contributed by atoms with Crippen LogP contribution < -0.4 is 15.7 Å². The Labute approximate surface area is 301 Å². The van der Waals surface area contributed by atoms with E-state index >= 15 is 0 Å². The number of aromatic nitrogens is 4. The van der Waals surface area contributed by atoms with Crippen molar-refractivity contribution in [3.05, 3.63) is 84.3 Å². The standard InChI is InChI=1S/C38H48ClN5O5Si/c1-24-27(44-23-40-31-33(39)41-35(42-34(31)44)43-36(45)48-38(5,6)7)22-28(47-29-20-14-15-21-46-29)30(24)32(37(2,3)4)49-50(25-16-10-8-11-17-25)26-18-12-9-13-19-26/h8-13,16-19,23,27-30,32,50H,1,14-15,20-22H2,2-7H3,(H,41,42,43,45)/t27-,28-,29?,30+,32?/m0/s1. The predicted molar refractivity (Wildman–Crippen MR) is 199 cm³/mol. The molecule has 2 aromatic heterocycles. The van der Waals surface area contributed by atoms with Crippen molar-refractivity contribution in [2.75, 3.05) is 11.9 Å². The van der Waals surface area contributed by atoms with E-state index in [2.05, 4.69) is 84.6 Å². The van der Waals surface area contributed by atoms with Gasteiger partial charge in [-0.3, -0.25) is 5.32 Å². The Balaban J connectivity index is 1.39. The maximum absolute atomic E-state index is 12.6. The zero-order valence-corrected chi connectivity index (χ0v) is 31.7. The summed E-state index contributed by atoms with van der Waals surface area (Å²) in [6.07, 6.45) is 3.75. The van der Waals surface area contributed by atoms with Crippen LogP contribution in [0.15, 0.2) is 79.1 Å². The molecule has 0 bridgehead atoms. The van der Waals surface area contributed by atoms with E-state index < -0.39 is 20.7 Å². The monoisotopic (exact) mass is 717 g/mol. The number of benzene rings is 2. The van der Waals surface area contributed by atoms with Crippen molar-refractivity contribution in [2.24, 2.45) is 11.3 Å².